The topological polar surface area (TPSA) is 426 Å². The molecule has 0 saturated heterocycles. The Morgan fingerprint density at radius 3 is 1.43 bits per heavy atom. The van der Waals surface area contributed by atoms with Crippen molar-refractivity contribution in [3.8, 4) is 0 Å². The van der Waals surface area contributed by atoms with E-state index in [-0.39, 0.29) is 25.3 Å². The monoisotopic (exact) mass is 763 g/mol. The van der Waals surface area contributed by atoms with Crippen LogP contribution in [0.5, 0.6) is 0 Å². The Balaban J connectivity index is 6.05. The number of nitrogens with zero attached hydrogens (tertiary/aromatic N) is 1. The van der Waals surface area contributed by atoms with E-state index in [9.17, 15) is 63.9 Å². The Hall–Kier alpha value is -5.17. The van der Waals surface area contributed by atoms with Gasteiger partial charge in [0.15, 0.2) is 5.96 Å². The molecule has 0 spiro atoms. The fraction of sp³-hybridized carbons (Fsp3) is 0.690. The molecule has 0 saturated carbocycles. The smallest absolute Gasteiger partial charge is 0.326 e. The second-order valence-corrected chi connectivity index (χ2v) is 11.9. The number of guanidine groups is 1. The van der Waals surface area contributed by atoms with Crippen LogP contribution < -0.4 is 54.8 Å². The summed E-state index contributed by atoms with van der Waals surface area (Å²) < 4.78 is 0. The lowest BCUT2D eigenvalue weighted by atomic mass is 9.97. The lowest BCUT2D eigenvalue weighted by Crippen LogP contribution is -2.62. The number of aliphatic hydroxyl groups is 4. The average molecular weight is 764 g/mol. The third-order valence-electron chi connectivity index (χ3n) is 7.66. The fourth-order valence-electron chi connectivity index (χ4n) is 4.28. The zero-order valence-electron chi connectivity index (χ0n) is 29.6. The lowest BCUT2D eigenvalue weighted by Gasteiger charge is -2.28. The van der Waals surface area contributed by atoms with Crippen LogP contribution in [0.1, 0.15) is 46.5 Å². The number of hydrogen-bond donors (Lipinski definition) is 15. The summed E-state index contributed by atoms with van der Waals surface area (Å²) in [7, 11) is 0. The molecule has 0 unspecified atom stereocenters. The number of aliphatic hydroxyl groups excluding tert-OH is 4. The van der Waals surface area contributed by atoms with Crippen LogP contribution in [-0.2, 0) is 38.4 Å². The number of nitrogens with one attached hydrogen (secondary N) is 6. The van der Waals surface area contributed by atoms with Crippen LogP contribution in [0.2, 0.25) is 0 Å². The number of aliphatic carboxylic acids is 1. The van der Waals surface area contributed by atoms with Crippen molar-refractivity contribution in [1.82, 2.24) is 31.9 Å². The largest absolute Gasteiger partial charge is 0.480 e. The van der Waals surface area contributed by atoms with Crippen LogP contribution in [0, 0.1) is 5.92 Å². The van der Waals surface area contributed by atoms with Gasteiger partial charge in [0.1, 0.15) is 42.3 Å². The molecule has 19 N–H and O–H groups in total. The van der Waals surface area contributed by atoms with Crippen molar-refractivity contribution in [2.75, 3.05) is 26.4 Å². The van der Waals surface area contributed by atoms with E-state index >= 15 is 0 Å². The van der Waals surface area contributed by atoms with Gasteiger partial charge >= 0.3 is 5.97 Å². The molecule has 0 fully saturated rings. The second kappa shape index (κ2) is 24.1. The number of carboxylic acid groups (broad SMARTS) is 1. The van der Waals surface area contributed by atoms with Gasteiger partial charge in [-0.2, -0.15) is 0 Å². The van der Waals surface area contributed by atoms with Crippen LogP contribution in [0.25, 0.3) is 0 Å². The van der Waals surface area contributed by atoms with Gasteiger partial charge in [-0.15, -0.1) is 0 Å². The van der Waals surface area contributed by atoms with E-state index in [1.54, 1.807) is 13.8 Å². The first kappa shape index (κ1) is 47.8. The SMILES string of the molecule is CC[C@H](C)[C@H](NC(=O)[C@H](CCCN=C(N)N)NC(=O)[C@H](CO)NC(=O)[C@H](CO)NC(=O)[C@H](CO)NC(=O)[C@@H](N)[C@@H](C)O)C(=O)N[C@@H](CC(N)=O)C(=O)O. The summed E-state index contributed by atoms with van der Waals surface area (Å²) in [5.74, 6) is -9.92. The Bertz CT molecular complexity index is 1310. The molecular weight excluding hydrogens is 710 g/mol. The van der Waals surface area contributed by atoms with Crippen molar-refractivity contribution in [2.45, 2.75) is 94.9 Å². The zero-order chi connectivity index (χ0) is 41.0. The number of primary amides is 1. The summed E-state index contributed by atoms with van der Waals surface area (Å²) in [4.78, 5) is 104. The van der Waals surface area contributed by atoms with Crippen molar-refractivity contribution in [3.63, 3.8) is 0 Å². The molecule has 0 heterocycles. The predicted molar refractivity (Wildman–Crippen MR) is 183 cm³/mol. The van der Waals surface area contributed by atoms with E-state index in [1.807, 2.05) is 0 Å². The molecule has 0 radical (unpaired) electrons. The third-order valence-corrected chi connectivity index (χ3v) is 7.66. The van der Waals surface area contributed by atoms with E-state index in [0.29, 0.717) is 6.42 Å². The van der Waals surface area contributed by atoms with E-state index < -0.39 is 128 Å². The van der Waals surface area contributed by atoms with Crippen LogP contribution in [0.15, 0.2) is 4.99 Å². The van der Waals surface area contributed by atoms with Crippen LogP contribution >= 0.6 is 0 Å². The van der Waals surface area contributed by atoms with Crippen LogP contribution in [0.3, 0.4) is 0 Å². The predicted octanol–water partition coefficient (Wildman–Crippen LogP) is -8.36. The van der Waals surface area contributed by atoms with E-state index in [1.165, 1.54) is 6.92 Å². The number of rotatable bonds is 25. The second-order valence-electron chi connectivity index (χ2n) is 11.9. The quantitative estimate of drug-likeness (QED) is 0.0233. The molecular formula is C29H53N11O13. The van der Waals surface area contributed by atoms with Crippen LogP contribution in [0.4, 0.5) is 0 Å². The highest BCUT2D eigenvalue weighted by molar-refractivity contribution is 5.97. The van der Waals surface area contributed by atoms with Crippen molar-refractivity contribution >= 4 is 53.3 Å². The first-order valence-electron chi connectivity index (χ1n) is 16.4. The highest BCUT2D eigenvalue weighted by Crippen LogP contribution is 2.11. The molecule has 0 aliphatic carbocycles. The first-order valence-corrected chi connectivity index (χ1v) is 16.4. The van der Waals surface area contributed by atoms with Gasteiger partial charge < -0.3 is 80.4 Å². The molecule has 0 aromatic rings. The van der Waals surface area contributed by atoms with E-state index in [2.05, 4.69) is 36.9 Å². The summed E-state index contributed by atoms with van der Waals surface area (Å²) >= 11 is 0. The van der Waals surface area contributed by atoms with Gasteiger partial charge in [-0.05, 0) is 25.7 Å². The molecule has 0 aromatic carbocycles. The molecule has 0 aromatic heterocycles. The summed E-state index contributed by atoms with van der Waals surface area (Å²) in [6.07, 6.45) is -1.84. The fourth-order valence-corrected chi connectivity index (χ4v) is 4.28. The summed E-state index contributed by atoms with van der Waals surface area (Å²) in [5.41, 5.74) is 21.2. The van der Waals surface area contributed by atoms with Gasteiger partial charge in [0.25, 0.3) is 0 Å². The molecule has 0 bridgehead atoms. The van der Waals surface area contributed by atoms with E-state index in [4.69, 9.17) is 22.9 Å². The maximum Gasteiger partial charge on any atom is 0.326 e. The molecule has 0 aliphatic heterocycles. The number of hydrogen-bond acceptors (Lipinski definition) is 14. The number of nitrogens with two attached hydrogens (primary N) is 4. The molecule has 24 heteroatoms. The van der Waals surface area contributed by atoms with Gasteiger partial charge in [0, 0.05) is 6.54 Å². The number of amides is 7. The number of carbonyl (C=O) groups excluding carboxylic acids is 7. The number of carbonyl (C=O) groups is 8. The molecule has 7 amide bonds. The number of aliphatic imine (C=N–C) groups is 1. The van der Waals surface area contributed by atoms with Crippen molar-refractivity contribution < 1.29 is 63.9 Å². The Morgan fingerprint density at radius 2 is 1.06 bits per heavy atom. The van der Waals surface area contributed by atoms with Crippen LogP contribution in [-0.4, -0.2) is 154 Å². The third kappa shape index (κ3) is 17.3. The molecule has 0 aliphatic rings. The zero-order valence-corrected chi connectivity index (χ0v) is 29.6. The van der Waals surface area contributed by atoms with Gasteiger partial charge in [0.05, 0.1) is 32.3 Å². The van der Waals surface area contributed by atoms with E-state index in [0.717, 1.165) is 0 Å². The lowest BCUT2D eigenvalue weighted by molar-refractivity contribution is -0.144. The normalized spacial score (nSPS) is 16.0. The minimum atomic E-state index is -1.79. The highest BCUT2D eigenvalue weighted by Gasteiger charge is 2.35. The molecule has 24 nitrogen and oxygen atoms in total. The molecule has 302 valence electrons. The Kier molecular flexibility index (Phi) is 21.8. The average Bonchev–Trinajstić information content (AvgIpc) is 3.09. The summed E-state index contributed by atoms with van der Waals surface area (Å²) in [5, 5.41) is 61.2. The van der Waals surface area contributed by atoms with Gasteiger partial charge in [-0.1, -0.05) is 20.3 Å². The van der Waals surface area contributed by atoms with Crippen molar-refractivity contribution in [2.24, 2.45) is 33.8 Å². The number of carboxylic acids is 1. The Labute approximate surface area is 304 Å². The maximum atomic E-state index is 13.5. The van der Waals surface area contributed by atoms with Gasteiger partial charge in [0.2, 0.25) is 41.4 Å². The minimum Gasteiger partial charge on any atom is -0.480 e. The first-order chi connectivity index (χ1) is 24.7. The molecule has 53 heavy (non-hydrogen) atoms. The highest BCUT2D eigenvalue weighted by atomic mass is 16.4. The Morgan fingerprint density at radius 1 is 0.642 bits per heavy atom. The van der Waals surface area contributed by atoms with Crippen molar-refractivity contribution in [1.29, 1.82) is 0 Å². The standard InChI is InChI=1S/C29H53N11O13/c1-4-12(2)21(27(51)36-15(28(52)53)8-19(30)45)40-22(46)14(6-5-7-34-29(32)33)35-23(47)16(9-41)37-24(48)17(10-42)38-25(49)18(11-43)39-26(50)20(31)13(3)44/h12-18,20-21,41-44H,4-11,31H2,1-3H3,(H2,30,45)(H,35,47)(H,36,51)(H,37,48)(H,38,49)(H,39,50)(H,40,46)(H,52,53)(H4,32,33,34)/t12-,13+,14-,15-,16-,17-,18-,20-,21-/m0/s1. The molecule has 0 rings (SSSR count). The van der Waals surface area contributed by atoms with Gasteiger partial charge in [-0.25, -0.2) is 4.79 Å². The van der Waals surface area contributed by atoms with Gasteiger partial charge in [-0.3, -0.25) is 38.6 Å². The van der Waals surface area contributed by atoms with Crippen molar-refractivity contribution in [3.05, 3.63) is 0 Å². The minimum absolute atomic E-state index is 0.0109. The summed E-state index contributed by atoms with van der Waals surface area (Å²) in [6.45, 7) is 1.33. The molecule has 9 atom stereocenters. The summed E-state index contributed by atoms with van der Waals surface area (Å²) in [6, 6.07) is -11.3. The maximum absolute atomic E-state index is 13.5.